The molecule has 1 aromatic heterocycles. The third kappa shape index (κ3) is 2.35. The maximum absolute atomic E-state index is 13.7. The maximum atomic E-state index is 13.7. The molecule has 0 fully saturated rings. The van der Waals surface area contributed by atoms with Crippen LogP contribution in [0.4, 0.5) is 10.1 Å². The average Bonchev–Trinajstić information content (AvgIpc) is 2.91. The van der Waals surface area contributed by atoms with Gasteiger partial charge in [0.2, 0.25) is 0 Å². The Morgan fingerprint density at radius 1 is 1.05 bits per heavy atom. The molecule has 0 aliphatic rings. The molecule has 0 saturated carbocycles. The molecule has 1 heterocycles. The second-order valence-corrected chi connectivity index (χ2v) is 4.92. The largest absolute Gasteiger partial charge is 0.399 e. The zero-order chi connectivity index (χ0) is 15.0. The quantitative estimate of drug-likeness (QED) is 0.734. The number of benzene rings is 2. The molecule has 21 heavy (non-hydrogen) atoms. The molecule has 0 aliphatic heterocycles. The molecule has 2 N–H and O–H groups in total. The van der Waals surface area contributed by atoms with E-state index < -0.39 is 0 Å². The van der Waals surface area contributed by atoms with Gasteiger partial charge < -0.3 is 5.73 Å². The number of nitrogens with two attached hydrogens (primary N) is 1. The monoisotopic (exact) mass is 283 g/mol. The topological polar surface area (TPSA) is 69.6 Å². The summed E-state index contributed by atoms with van der Waals surface area (Å²) in [5, 5.41) is 11.7. The summed E-state index contributed by atoms with van der Waals surface area (Å²) in [7, 11) is 0. The van der Waals surface area contributed by atoms with Gasteiger partial charge in [0.05, 0.1) is 5.69 Å². The predicted molar refractivity (Wildman–Crippen MR) is 78.4 cm³/mol. The van der Waals surface area contributed by atoms with E-state index in [1.165, 1.54) is 10.7 Å². The van der Waals surface area contributed by atoms with Gasteiger partial charge in [-0.1, -0.05) is 6.07 Å². The van der Waals surface area contributed by atoms with E-state index >= 15 is 0 Å². The van der Waals surface area contributed by atoms with Crippen molar-refractivity contribution in [2.24, 2.45) is 0 Å². The van der Waals surface area contributed by atoms with Crippen LogP contribution in [0.25, 0.3) is 17.1 Å². The third-order valence-corrected chi connectivity index (χ3v) is 3.36. The van der Waals surface area contributed by atoms with Crippen LogP contribution < -0.4 is 5.73 Å². The third-order valence-electron chi connectivity index (χ3n) is 3.36. The van der Waals surface area contributed by atoms with Crippen molar-refractivity contribution in [1.82, 2.24) is 20.2 Å². The summed E-state index contributed by atoms with van der Waals surface area (Å²) < 4.78 is 15.3. The van der Waals surface area contributed by atoms with Crippen LogP contribution >= 0.6 is 0 Å². The molecule has 3 rings (SSSR count). The Morgan fingerprint density at radius 3 is 2.57 bits per heavy atom. The van der Waals surface area contributed by atoms with Crippen molar-refractivity contribution in [3.63, 3.8) is 0 Å². The molecule has 0 radical (unpaired) electrons. The van der Waals surface area contributed by atoms with Crippen LogP contribution in [0.3, 0.4) is 0 Å². The van der Waals surface area contributed by atoms with Gasteiger partial charge in [-0.2, -0.15) is 4.68 Å². The fraction of sp³-hybridized carbons (Fsp3) is 0.133. The highest BCUT2D eigenvalue weighted by Gasteiger charge is 2.14. The molecule has 0 atom stereocenters. The zero-order valence-corrected chi connectivity index (χ0v) is 11.7. The van der Waals surface area contributed by atoms with Gasteiger partial charge in [0.15, 0.2) is 5.82 Å². The average molecular weight is 283 g/mol. The smallest absolute Gasteiger partial charge is 0.187 e. The first kappa shape index (κ1) is 13.2. The van der Waals surface area contributed by atoms with Crippen molar-refractivity contribution in [2.75, 3.05) is 5.73 Å². The van der Waals surface area contributed by atoms with Crippen LogP contribution in [0, 0.1) is 19.7 Å². The Balaban J connectivity index is 2.14. The van der Waals surface area contributed by atoms with E-state index in [1.807, 2.05) is 19.1 Å². The first-order chi connectivity index (χ1) is 10.1. The molecule has 0 saturated heterocycles. The second kappa shape index (κ2) is 4.97. The lowest BCUT2D eigenvalue weighted by Gasteiger charge is -2.08. The van der Waals surface area contributed by atoms with Crippen LogP contribution in [-0.4, -0.2) is 20.2 Å². The number of anilines is 1. The van der Waals surface area contributed by atoms with E-state index in [1.54, 1.807) is 25.1 Å². The Hall–Kier alpha value is -2.76. The van der Waals surface area contributed by atoms with Crippen molar-refractivity contribution < 1.29 is 4.39 Å². The molecule has 0 unspecified atom stereocenters. The van der Waals surface area contributed by atoms with Crippen molar-refractivity contribution in [3.8, 4) is 17.1 Å². The lowest BCUT2D eigenvalue weighted by atomic mass is 10.1. The SMILES string of the molecule is Cc1ccc(-n2nnnc2-c2ccc(N)cc2C)cc1F. The first-order valence-electron chi connectivity index (χ1n) is 6.47. The number of hydrogen-bond acceptors (Lipinski definition) is 4. The summed E-state index contributed by atoms with van der Waals surface area (Å²) in [5.41, 5.74) is 9.41. The summed E-state index contributed by atoms with van der Waals surface area (Å²) in [4.78, 5) is 0. The lowest BCUT2D eigenvalue weighted by molar-refractivity contribution is 0.615. The van der Waals surface area contributed by atoms with E-state index in [0.717, 1.165) is 11.1 Å². The van der Waals surface area contributed by atoms with E-state index in [9.17, 15) is 4.39 Å². The minimum atomic E-state index is -0.289. The van der Waals surface area contributed by atoms with Crippen LogP contribution in [0.15, 0.2) is 36.4 Å². The van der Waals surface area contributed by atoms with Gasteiger partial charge in [-0.05, 0) is 65.7 Å². The van der Waals surface area contributed by atoms with Crippen molar-refractivity contribution in [1.29, 1.82) is 0 Å². The van der Waals surface area contributed by atoms with Crippen molar-refractivity contribution in [3.05, 3.63) is 53.3 Å². The van der Waals surface area contributed by atoms with Gasteiger partial charge in [-0.15, -0.1) is 5.10 Å². The number of halogens is 1. The highest BCUT2D eigenvalue weighted by molar-refractivity contribution is 5.65. The molecule has 2 aromatic carbocycles. The highest BCUT2D eigenvalue weighted by atomic mass is 19.1. The Kier molecular flexibility index (Phi) is 3.13. The van der Waals surface area contributed by atoms with Crippen molar-refractivity contribution in [2.45, 2.75) is 13.8 Å². The summed E-state index contributed by atoms with van der Waals surface area (Å²) in [6.07, 6.45) is 0. The van der Waals surface area contributed by atoms with Crippen LogP contribution in [0.5, 0.6) is 0 Å². The van der Waals surface area contributed by atoms with E-state index in [4.69, 9.17) is 5.73 Å². The minimum Gasteiger partial charge on any atom is -0.399 e. The van der Waals surface area contributed by atoms with Crippen LogP contribution in [0.2, 0.25) is 0 Å². The van der Waals surface area contributed by atoms with Gasteiger partial charge in [0.1, 0.15) is 5.82 Å². The summed E-state index contributed by atoms with van der Waals surface area (Å²) in [6, 6.07) is 10.4. The van der Waals surface area contributed by atoms with Crippen LogP contribution in [0.1, 0.15) is 11.1 Å². The van der Waals surface area contributed by atoms with Gasteiger partial charge in [0.25, 0.3) is 0 Å². The molecule has 5 nitrogen and oxygen atoms in total. The second-order valence-electron chi connectivity index (χ2n) is 4.92. The number of hydrogen-bond donors (Lipinski definition) is 1. The normalized spacial score (nSPS) is 10.8. The van der Waals surface area contributed by atoms with Gasteiger partial charge in [0, 0.05) is 11.3 Å². The molecular formula is C15H14FN5. The number of nitrogen functional groups attached to an aromatic ring is 1. The summed E-state index contributed by atoms with van der Waals surface area (Å²) in [6.45, 7) is 3.64. The van der Waals surface area contributed by atoms with E-state index in [-0.39, 0.29) is 5.82 Å². The molecular weight excluding hydrogens is 269 g/mol. The van der Waals surface area contributed by atoms with Gasteiger partial charge in [-0.25, -0.2) is 4.39 Å². The number of tetrazole rings is 1. The number of aryl methyl sites for hydroxylation is 2. The Labute approximate surface area is 121 Å². The van der Waals surface area contributed by atoms with Crippen LogP contribution in [-0.2, 0) is 0 Å². The molecule has 0 amide bonds. The zero-order valence-electron chi connectivity index (χ0n) is 11.7. The van der Waals surface area contributed by atoms with Gasteiger partial charge in [-0.3, -0.25) is 0 Å². The number of rotatable bonds is 2. The van der Waals surface area contributed by atoms with Crippen molar-refractivity contribution >= 4 is 5.69 Å². The lowest BCUT2D eigenvalue weighted by Crippen LogP contribution is -2.02. The summed E-state index contributed by atoms with van der Waals surface area (Å²) in [5.74, 6) is 0.263. The minimum absolute atomic E-state index is 0.289. The standard InChI is InChI=1S/C15H14FN5/c1-9-3-5-12(8-14(9)16)21-15(18-19-20-21)13-6-4-11(17)7-10(13)2/h3-8H,17H2,1-2H3. The first-order valence-corrected chi connectivity index (χ1v) is 6.47. The Bertz CT molecular complexity index is 810. The molecule has 106 valence electrons. The van der Waals surface area contributed by atoms with Gasteiger partial charge >= 0.3 is 0 Å². The summed E-state index contributed by atoms with van der Waals surface area (Å²) >= 11 is 0. The molecule has 6 heteroatoms. The fourth-order valence-electron chi connectivity index (χ4n) is 2.18. The predicted octanol–water partition coefficient (Wildman–Crippen LogP) is 2.67. The van der Waals surface area contributed by atoms with E-state index in [2.05, 4.69) is 15.5 Å². The molecule has 3 aromatic rings. The molecule has 0 spiro atoms. The number of nitrogens with zero attached hydrogens (tertiary/aromatic N) is 4. The molecule has 0 bridgehead atoms. The maximum Gasteiger partial charge on any atom is 0.187 e. The highest BCUT2D eigenvalue weighted by Crippen LogP contribution is 2.25. The fourth-order valence-corrected chi connectivity index (χ4v) is 2.18. The Morgan fingerprint density at radius 2 is 1.86 bits per heavy atom. The van der Waals surface area contributed by atoms with E-state index in [0.29, 0.717) is 22.8 Å². The molecule has 0 aliphatic carbocycles. The number of aromatic nitrogens is 4.